The van der Waals surface area contributed by atoms with Gasteiger partial charge in [0.15, 0.2) is 6.10 Å². The number of anilines is 1. The molecule has 0 aliphatic carbocycles. The number of fused-ring (bicyclic) bond motifs is 1. The summed E-state index contributed by atoms with van der Waals surface area (Å²) in [5.41, 5.74) is 2.34. The Morgan fingerprint density at radius 2 is 1.51 bits per heavy atom. The average Bonchev–Trinajstić information content (AvgIpc) is 2.93. The van der Waals surface area contributed by atoms with E-state index in [0.717, 1.165) is 25.2 Å². The molecule has 1 fully saturated rings. The highest BCUT2D eigenvalue weighted by atomic mass is 32.2. The van der Waals surface area contributed by atoms with Gasteiger partial charge in [0.1, 0.15) is 5.75 Å². The van der Waals surface area contributed by atoms with Crippen LogP contribution < -0.4 is 9.04 Å². The van der Waals surface area contributed by atoms with E-state index in [4.69, 9.17) is 4.74 Å². The molecule has 2 aliphatic rings. The fourth-order valence-corrected chi connectivity index (χ4v) is 6.30. The van der Waals surface area contributed by atoms with Gasteiger partial charge in [-0.2, -0.15) is 0 Å². The van der Waals surface area contributed by atoms with Gasteiger partial charge in [0.2, 0.25) is 10.0 Å². The normalized spacial score (nSPS) is 18.4. The van der Waals surface area contributed by atoms with Crippen molar-refractivity contribution < 1.29 is 17.9 Å². The van der Waals surface area contributed by atoms with Gasteiger partial charge in [0.05, 0.1) is 18.0 Å². The summed E-state index contributed by atoms with van der Waals surface area (Å²) < 4.78 is 34.3. The minimum absolute atomic E-state index is 0.0367. The number of para-hydroxylation sites is 2. The number of nitrogens with zero attached hydrogens (tertiary/aromatic N) is 3. The first-order valence-electron chi connectivity index (χ1n) is 12.5. The van der Waals surface area contributed by atoms with Gasteiger partial charge < -0.3 is 9.64 Å². The summed E-state index contributed by atoms with van der Waals surface area (Å²) in [6.45, 7) is 3.45. The van der Waals surface area contributed by atoms with Gasteiger partial charge in [0, 0.05) is 32.7 Å². The number of hydrogen-bond acceptors (Lipinski definition) is 5. The van der Waals surface area contributed by atoms with Crippen LogP contribution in [0.1, 0.15) is 11.1 Å². The number of amides is 1. The van der Waals surface area contributed by atoms with Gasteiger partial charge >= 0.3 is 0 Å². The molecule has 37 heavy (non-hydrogen) atoms. The summed E-state index contributed by atoms with van der Waals surface area (Å²) in [4.78, 5) is 17.5. The van der Waals surface area contributed by atoms with E-state index >= 15 is 0 Å². The van der Waals surface area contributed by atoms with Crippen molar-refractivity contribution in [2.45, 2.75) is 11.9 Å². The zero-order valence-electron chi connectivity index (χ0n) is 20.6. The maximum absolute atomic E-state index is 13.4. The highest BCUT2D eigenvalue weighted by Crippen LogP contribution is 2.36. The molecular weight excluding hydrogens is 486 g/mol. The van der Waals surface area contributed by atoms with Crippen LogP contribution in [0, 0.1) is 0 Å². The van der Waals surface area contributed by atoms with Gasteiger partial charge in [-0.25, -0.2) is 8.42 Å². The zero-order valence-corrected chi connectivity index (χ0v) is 21.5. The van der Waals surface area contributed by atoms with Crippen LogP contribution >= 0.6 is 0 Å². The molecule has 0 aromatic heterocycles. The van der Waals surface area contributed by atoms with Gasteiger partial charge in [-0.3, -0.25) is 14.0 Å². The number of piperazine rings is 1. The Balaban J connectivity index is 1.23. The summed E-state index contributed by atoms with van der Waals surface area (Å²) in [6.07, 6.45) is 3.36. The van der Waals surface area contributed by atoms with E-state index in [9.17, 15) is 13.2 Å². The quantitative estimate of drug-likeness (QED) is 0.479. The third kappa shape index (κ3) is 6.03. The predicted molar refractivity (Wildman–Crippen MR) is 146 cm³/mol. The van der Waals surface area contributed by atoms with Crippen molar-refractivity contribution >= 4 is 27.7 Å². The number of carbonyl (C=O) groups is 1. The van der Waals surface area contributed by atoms with Crippen LogP contribution in [0.25, 0.3) is 6.08 Å². The molecule has 8 heteroatoms. The van der Waals surface area contributed by atoms with Gasteiger partial charge in [-0.15, -0.1) is 0 Å². The molecule has 1 atom stereocenters. The van der Waals surface area contributed by atoms with Crippen LogP contribution in [0.4, 0.5) is 5.69 Å². The SMILES string of the molecule is O=C([C@H]1CN(S(=O)(=O)Cc2ccccc2)c2ccccc2O1)N1CCN(C/C=C/c2ccccc2)CC1. The summed E-state index contributed by atoms with van der Waals surface area (Å²) in [7, 11) is -3.72. The van der Waals surface area contributed by atoms with Crippen molar-refractivity contribution in [2.24, 2.45) is 0 Å². The summed E-state index contributed by atoms with van der Waals surface area (Å²) in [6, 6.07) is 26.3. The van der Waals surface area contributed by atoms with E-state index in [1.165, 1.54) is 4.31 Å². The van der Waals surface area contributed by atoms with E-state index in [1.807, 2.05) is 36.4 Å². The molecule has 2 heterocycles. The molecule has 0 unspecified atom stereocenters. The third-order valence-corrected chi connectivity index (χ3v) is 8.41. The number of benzene rings is 3. The Kier molecular flexibility index (Phi) is 7.58. The molecule has 2 aliphatic heterocycles. The average molecular weight is 518 g/mol. The highest BCUT2D eigenvalue weighted by Gasteiger charge is 2.38. The number of ether oxygens (including phenoxy) is 1. The Morgan fingerprint density at radius 1 is 0.865 bits per heavy atom. The first-order chi connectivity index (χ1) is 18.0. The third-order valence-electron chi connectivity index (χ3n) is 6.70. The number of carbonyl (C=O) groups excluding carboxylic acids is 1. The number of rotatable bonds is 7. The summed E-state index contributed by atoms with van der Waals surface area (Å²) >= 11 is 0. The highest BCUT2D eigenvalue weighted by molar-refractivity contribution is 7.92. The van der Waals surface area contributed by atoms with E-state index in [2.05, 4.69) is 29.2 Å². The number of sulfonamides is 1. The first-order valence-corrected chi connectivity index (χ1v) is 14.1. The van der Waals surface area contributed by atoms with E-state index in [0.29, 0.717) is 30.1 Å². The van der Waals surface area contributed by atoms with Gasteiger partial charge in [0.25, 0.3) is 5.91 Å². The van der Waals surface area contributed by atoms with Crippen LogP contribution in [0.3, 0.4) is 0 Å². The second-order valence-corrected chi connectivity index (χ2v) is 11.2. The molecule has 1 amide bonds. The largest absolute Gasteiger partial charge is 0.476 e. The molecule has 3 aromatic carbocycles. The standard InChI is InChI=1S/C29H31N3O4S/c33-29(31-20-18-30(19-21-31)17-9-14-24-10-3-1-4-11-24)28-22-32(26-15-7-8-16-27(26)36-28)37(34,35)23-25-12-5-2-6-13-25/h1-16,28H,17-23H2/b14-9+/t28-/m1/s1. The lowest BCUT2D eigenvalue weighted by Crippen LogP contribution is -2.56. The molecule has 0 saturated carbocycles. The van der Waals surface area contributed by atoms with Gasteiger partial charge in [-0.1, -0.05) is 84.9 Å². The van der Waals surface area contributed by atoms with Crippen molar-refractivity contribution in [3.63, 3.8) is 0 Å². The fourth-order valence-electron chi connectivity index (χ4n) is 4.71. The van der Waals surface area contributed by atoms with Crippen molar-refractivity contribution in [3.8, 4) is 5.75 Å². The maximum atomic E-state index is 13.4. The molecule has 0 bridgehead atoms. The van der Waals surface area contributed by atoms with Crippen LogP contribution in [0.5, 0.6) is 5.75 Å². The fraction of sp³-hybridized carbons (Fsp3) is 0.276. The Hall–Kier alpha value is -3.62. The van der Waals surface area contributed by atoms with Crippen LogP contribution in [0.2, 0.25) is 0 Å². The first kappa shape index (κ1) is 25.0. The second-order valence-electron chi connectivity index (χ2n) is 9.29. The van der Waals surface area contributed by atoms with E-state index in [1.54, 1.807) is 41.3 Å². The van der Waals surface area contributed by atoms with Crippen molar-refractivity contribution in [3.05, 3.63) is 102 Å². The molecule has 0 spiro atoms. The smallest absolute Gasteiger partial charge is 0.265 e. The summed E-state index contributed by atoms with van der Waals surface area (Å²) in [5, 5.41) is 0. The molecular formula is C29H31N3O4S. The predicted octanol–water partition coefficient (Wildman–Crippen LogP) is 3.64. The van der Waals surface area contributed by atoms with Crippen molar-refractivity contribution in [1.82, 2.24) is 9.80 Å². The molecule has 0 radical (unpaired) electrons. The minimum atomic E-state index is -3.72. The Bertz CT molecular complexity index is 1340. The van der Waals surface area contributed by atoms with E-state index < -0.39 is 16.1 Å². The topological polar surface area (TPSA) is 70.2 Å². The molecule has 5 rings (SSSR count). The number of hydrogen-bond donors (Lipinski definition) is 0. The molecule has 192 valence electrons. The van der Waals surface area contributed by atoms with Crippen molar-refractivity contribution in [2.75, 3.05) is 43.6 Å². The molecule has 3 aromatic rings. The summed E-state index contributed by atoms with van der Waals surface area (Å²) in [5.74, 6) is 0.0976. The molecule has 0 N–H and O–H groups in total. The minimum Gasteiger partial charge on any atom is -0.476 e. The Morgan fingerprint density at radius 3 is 2.24 bits per heavy atom. The Labute approximate surface area is 218 Å². The lowest BCUT2D eigenvalue weighted by atomic mass is 10.2. The zero-order chi connectivity index (χ0) is 25.7. The van der Waals surface area contributed by atoms with E-state index in [-0.39, 0.29) is 18.2 Å². The molecule has 7 nitrogen and oxygen atoms in total. The van der Waals surface area contributed by atoms with Crippen molar-refractivity contribution in [1.29, 1.82) is 0 Å². The monoisotopic (exact) mass is 517 g/mol. The lowest BCUT2D eigenvalue weighted by molar-refractivity contribution is -0.140. The van der Waals surface area contributed by atoms with Crippen LogP contribution in [-0.2, 0) is 20.6 Å². The maximum Gasteiger partial charge on any atom is 0.265 e. The van der Waals surface area contributed by atoms with Crippen LogP contribution in [-0.4, -0.2) is 69.5 Å². The van der Waals surface area contributed by atoms with Gasteiger partial charge in [-0.05, 0) is 23.3 Å². The van der Waals surface area contributed by atoms with Crippen LogP contribution in [0.15, 0.2) is 91.0 Å². The molecule has 1 saturated heterocycles. The lowest BCUT2D eigenvalue weighted by Gasteiger charge is -2.39. The second kappa shape index (κ2) is 11.2.